The van der Waals surface area contributed by atoms with Crippen molar-refractivity contribution >= 4 is 38.4 Å². The maximum Gasteiger partial charge on any atom is 0.248 e. The van der Waals surface area contributed by atoms with Crippen molar-refractivity contribution in [3.63, 3.8) is 0 Å². The van der Waals surface area contributed by atoms with Gasteiger partial charge in [-0.1, -0.05) is 25.1 Å². The summed E-state index contributed by atoms with van der Waals surface area (Å²) in [6, 6.07) is 5.26. The fraction of sp³-hybridized carbons (Fsp3) is 0.529. The molecule has 1 amide bonds. The Morgan fingerprint density at radius 3 is 2.92 bits per heavy atom. The van der Waals surface area contributed by atoms with E-state index in [-0.39, 0.29) is 35.5 Å². The molecule has 7 nitrogen and oxygen atoms in total. The molecule has 3 aliphatic heterocycles. The summed E-state index contributed by atoms with van der Waals surface area (Å²) in [6.07, 6.45) is 2.13. The number of nitrogens with zero attached hydrogens (tertiary/aromatic N) is 2. The third kappa shape index (κ3) is 3.29. The van der Waals surface area contributed by atoms with Gasteiger partial charge in [-0.2, -0.15) is 4.99 Å². The number of thioether (sulfide) groups is 1. The monoisotopic (exact) mass is 396 g/mol. The van der Waals surface area contributed by atoms with Crippen molar-refractivity contribution in [3.8, 4) is 11.5 Å². The number of benzene rings is 1. The van der Waals surface area contributed by atoms with Crippen molar-refractivity contribution in [3.05, 3.63) is 18.2 Å². The molecule has 2 atom stereocenters. The largest absolute Gasteiger partial charge is 0.454 e. The molecule has 0 unspecified atom stereocenters. The molecule has 2 fully saturated rings. The maximum atomic E-state index is 12.2. The van der Waals surface area contributed by atoms with Gasteiger partial charge in [0.1, 0.15) is 0 Å². The van der Waals surface area contributed by atoms with Crippen molar-refractivity contribution in [1.29, 1.82) is 0 Å². The van der Waals surface area contributed by atoms with E-state index in [9.17, 15) is 13.2 Å². The fourth-order valence-corrected chi connectivity index (χ4v) is 7.32. The molecule has 0 bridgehead atoms. The van der Waals surface area contributed by atoms with Gasteiger partial charge in [-0.05, 0) is 18.6 Å². The summed E-state index contributed by atoms with van der Waals surface area (Å²) in [4.78, 5) is 18.4. The zero-order chi connectivity index (χ0) is 18.3. The van der Waals surface area contributed by atoms with E-state index >= 15 is 0 Å². The quantitative estimate of drug-likeness (QED) is 0.771. The van der Waals surface area contributed by atoms with E-state index in [1.165, 1.54) is 11.8 Å². The Balaban J connectivity index is 1.68. The van der Waals surface area contributed by atoms with E-state index in [0.717, 1.165) is 18.5 Å². The van der Waals surface area contributed by atoms with Crippen molar-refractivity contribution in [2.24, 2.45) is 4.99 Å². The van der Waals surface area contributed by atoms with Gasteiger partial charge in [0.15, 0.2) is 26.5 Å². The molecule has 3 heterocycles. The van der Waals surface area contributed by atoms with Gasteiger partial charge >= 0.3 is 0 Å². The minimum absolute atomic E-state index is 0.0707. The zero-order valence-corrected chi connectivity index (χ0v) is 16.0. The predicted octanol–water partition coefficient (Wildman–Crippen LogP) is 2.21. The number of fused-ring (bicyclic) bond motifs is 2. The lowest BCUT2D eigenvalue weighted by atomic mass is 10.2. The molecule has 0 radical (unpaired) electrons. The highest BCUT2D eigenvalue weighted by Crippen LogP contribution is 2.43. The predicted molar refractivity (Wildman–Crippen MR) is 101 cm³/mol. The van der Waals surface area contributed by atoms with Crippen LogP contribution in [0.4, 0.5) is 5.69 Å². The Kier molecular flexibility index (Phi) is 4.60. The number of carbonyl (C=O) groups is 1. The highest BCUT2D eigenvalue weighted by molar-refractivity contribution is 8.16. The average molecular weight is 396 g/mol. The highest BCUT2D eigenvalue weighted by atomic mass is 32.2. The first-order valence-electron chi connectivity index (χ1n) is 8.64. The number of carbonyl (C=O) groups excluding carboxylic acids is 1. The molecule has 2 saturated heterocycles. The smallest absolute Gasteiger partial charge is 0.248 e. The van der Waals surface area contributed by atoms with Crippen molar-refractivity contribution < 1.29 is 22.7 Å². The summed E-state index contributed by atoms with van der Waals surface area (Å²) in [5.74, 6) is 1.30. The van der Waals surface area contributed by atoms with Crippen LogP contribution in [0.25, 0.3) is 0 Å². The summed E-state index contributed by atoms with van der Waals surface area (Å²) < 4.78 is 35.0. The Bertz CT molecular complexity index is 868. The third-order valence-corrected chi connectivity index (χ3v) is 7.88. The molecule has 0 N–H and O–H groups in total. The number of sulfone groups is 1. The Labute approximate surface area is 156 Å². The first-order valence-corrected chi connectivity index (χ1v) is 11.3. The van der Waals surface area contributed by atoms with E-state index < -0.39 is 9.84 Å². The van der Waals surface area contributed by atoms with Gasteiger partial charge in [-0.15, -0.1) is 0 Å². The number of aliphatic imine (C=N–C) groups is 1. The standard InChI is InChI=1S/C17H20N2O5S2/c1-2-3-4-16(20)18-17-19(12-8-26(21,22)9-15(12)25-17)11-5-6-13-14(7-11)24-10-23-13/h5-7,12,15H,2-4,8-10H2,1H3/t12-,15+/m0/s1. The molecule has 1 aromatic rings. The molecule has 0 saturated carbocycles. The van der Waals surface area contributed by atoms with Crippen LogP contribution in [0.15, 0.2) is 23.2 Å². The Morgan fingerprint density at radius 1 is 1.31 bits per heavy atom. The molecular weight excluding hydrogens is 376 g/mol. The van der Waals surface area contributed by atoms with E-state index in [2.05, 4.69) is 4.99 Å². The summed E-state index contributed by atoms with van der Waals surface area (Å²) in [6.45, 7) is 2.20. The number of unbranched alkanes of at least 4 members (excludes halogenated alkanes) is 1. The van der Waals surface area contributed by atoms with Gasteiger partial charge in [0.25, 0.3) is 0 Å². The van der Waals surface area contributed by atoms with Crippen LogP contribution in [0, 0.1) is 0 Å². The number of ether oxygens (including phenoxy) is 2. The molecule has 1 aromatic carbocycles. The molecule has 140 valence electrons. The van der Waals surface area contributed by atoms with Crippen LogP contribution < -0.4 is 14.4 Å². The Hall–Kier alpha value is -1.74. The minimum atomic E-state index is -3.08. The number of hydrogen-bond acceptors (Lipinski definition) is 6. The van der Waals surface area contributed by atoms with Gasteiger partial charge in [-0.25, -0.2) is 8.42 Å². The fourth-order valence-electron chi connectivity index (χ4n) is 3.39. The van der Waals surface area contributed by atoms with E-state index in [0.29, 0.717) is 23.1 Å². The van der Waals surface area contributed by atoms with Gasteiger partial charge in [0.2, 0.25) is 12.7 Å². The van der Waals surface area contributed by atoms with Crippen LogP contribution in [0.5, 0.6) is 11.5 Å². The van der Waals surface area contributed by atoms with Crippen molar-refractivity contribution in [1.82, 2.24) is 0 Å². The normalized spacial score (nSPS) is 27.1. The second kappa shape index (κ2) is 6.77. The summed E-state index contributed by atoms with van der Waals surface area (Å²) in [5, 5.41) is 0.470. The van der Waals surface area contributed by atoms with Crippen molar-refractivity contribution in [2.75, 3.05) is 23.2 Å². The van der Waals surface area contributed by atoms with Crippen LogP contribution >= 0.6 is 11.8 Å². The molecule has 4 rings (SSSR count). The van der Waals surface area contributed by atoms with Crippen LogP contribution in [-0.2, 0) is 14.6 Å². The van der Waals surface area contributed by atoms with Crippen LogP contribution in [0.2, 0.25) is 0 Å². The highest BCUT2D eigenvalue weighted by Gasteiger charge is 2.49. The molecule has 3 aliphatic rings. The number of amides is 1. The lowest BCUT2D eigenvalue weighted by Gasteiger charge is -2.24. The summed E-state index contributed by atoms with van der Waals surface area (Å²) >= 11 is 1.39. The van der Waals surface area contributed by atoms with Crippen LogP contribution in [0.3, 0.4) is 0 Å². The van der Waals surface area contributed by atoms with Gasteiger partial charge in [-0.3, -0.25) is 4.79 Å². The zero-order valence-electron chi connectivity index (χ0n) is 14.4. The second-order valence-corrected chi connectivity index (χ2v) is 9.96. The lowest BCUT2D eigenvalue weighted by Crippen LogP contribution is -2.37. The average Bonchev–Trinajstić information content (AvgIpc) is 3.24. The summed E-state index contributed by atoms with van der Waals surface area (Å²) in [5.41, 5.74) is 0.772. The van der Waals surface area contributed by atoms with E-state index in [4.69, 9.17) is 9.47 Å². The molecule has 0 spiro atoms. The Morgan fingerprint density at radius 2 is 2.12 bits per heavy atom. The van der Waals surface area contributed by atoms with Crippen LogP contribution in [-0.4, -0.2) is 49.1 Å². The number of rotatable bonds is 4. The molecule has 9 heteroatoms. The maximum absolute atomic E-state index is 12.2. The van der Waals surface area contributed by atoms with E-state index in [1.807, 2.05) is 24.0 Å². The first kappa shape index (κ1) is 17.7. The topological polar surface area (TPSA) is 85.3 Å². The van der Waals surface area contributed by atoms with Gasteiger partial charge in [0, 0.05) is 23.4 Å². The van der Waals surface area contributed by atoms with Crippen LogP contribution in [0.1, 0.15) is 26.2 Å². The number of amidine groups is 1. The minimum Gasteiger partial charge on any atom is -0.454 e. The SMILES string of the molecule is CCCCC(=O)N=C1S[C@@H]2CS(=O)(=O)C[C@@H]2N1c1ccc2c(c1)OCO2. The molecular formula is C17H20N2O5S2. The molecule has 0 aromatic heterocycles. The molecule has 0 aliphatic carbocycles. The first-order chi connectivity index (χ1) is 12.5. The molecule has 26 heavy (non-hydrogen) atoms. The van der Waals surface area contributed by atoms with Crippen molar-refractivity contribution in [2.45, 2.75) is 37.5 Å². The number of anilines is 1. The van der Waals surface area contributed by atoms with Gasteiger partial charge in [0.05, 0.1) is 17.5 Å². The number of hydrogen-bond donors (Lipinski definition) is 0. The lowest BCUT2D eigenvalue weighted by molar-refractivity contribution is -0.117. The van der Waals surface area contributed by atoms with E-state index in [1.54, 1.807) is 6.07 Å². The second-order valence-electron chi connectivity index (χ2n) is 6.60. The third-order valence-electron chi connectivity index (χ3n) is 4.67. The summed E-state index contributed by atoms with van der Waals surface area (Å²) in [7, 11) is -3.08. The van der Waals surface area contributed by atoms with Gasteiger partial charge < -0.3 is 14.4 Å².